The maximum atomic E-state index is 10.4. The molecule has 1 rings (SSSR count). The van der Waals surface area contributed by atoms with Crippen LogP contribution < -0.4 is 5.73 Å². The number of carboxylic acids is 1. The third kappa shape index (κ3) is 2.96. The lowest BCUT2D eigenvalue weighted by Crippen LogP contribution is -2.20. The van der Waals surface area contributed by atoms with Crippen LogP contribution in [0.1, 0.15) is 11.6 Å². The summed E-state index contributed by atoms with van der Waals surface area (Å²) in [6.07, 6.45) is 0. The van der Waals surface area contributed by atoms with E-state index in [9.17, 15) is 4.79 Å². The standard InChI is InChI=1S/C8H9NO3.H2S/c9-7(8(11)12)5-1-3-6(10)4-2-5;/h1-4,7,10H,9H2,(H,11,12);1H2/t7-;/m1./s1. The molecule has 0 aliphatic rings. The number of hydrogen-bond acceptors (Lipinski definition) is 3. The second-order valence-electron chi connectivity index (χ2n) is 2.41. The molecule has 0 aliphatic carbocycles. The van der Waals surface area contributed by atoms with E-state index < -0.39 is 12.0 Å². The predicted octanol–water partition coefficient (Wildman–Crippen LogP) is 0.589. The van der Waals surface area contributed by atoms with E-state index in [4.69, 9.17) is 15.9 Å². The molecule has 1 atom stereocenters. The van der Waals surface area contributed by atoms with Crippen LogP contribution >= 0.6 is 13.5 Å². The maximum Gasteiger partial charge on any atom is 0.325 e. The van der Waals surface area contributed by atoms with Gasteiger partial charge in [0.25, 0.3) is 0 Å². The summed E-state index contributed by atoms with van der Waals surface area (Å²) in [4.78, 5) is 10.4. The Morgan fingerprint density at radius 1 is 1.31 bits per heavy atom. The van der Waals surface area contributed by atoms with Crippen molar-refractivity contribution < 1.29 is 15.0 Å². The lowest BCUT2D eigenvalue weighted by atomic mass is 10.1. The van der Waals surface area contributed by atoms with Crippen LogP contribution in [0.3, 0.4) is 0 Å². The van der Waals surface area contributed by atoms with Crippen molar-refractivity contribution in [2.75, 3.05) is 0 Å². The topological polar surface area (TPSA) is 83.6 Å². The Morgan fingerprint density at radius 3 is 2.15 bits per heavy atom. The minimum absolute atomic E-state index is 0. The molecule has 0 saturated carbocycles. The van der Waals surface area contributed by atoms with Crippen LogP contribution in [0.5, 0.6) is 5.75 Å². The molecule has 0 aromatic heterocycles. The third-order valence-electron chi connectivity index (χ3n) is 1.52. The molecule has 4 nitrogen and oxygen atoms in total. The van der Waals surface area contributed by atoms with Crippen LogP contribution in [-0.2, 0) is 4.79 Å². The van der Waals surface area contributed by atoms with Crippen molar-refractivity contribution in [2.45, 2.75) is 6.04 Å². The van der Waals surface area contributed by atoms with E-state index in [2.05, 4.69) is 0 Å². The zero-order chi connectivity index (χ0) is 9.14. The summed E-state index contributed by atoms with van der Waals surface area (Å²) in [7, 11) is 0. The Kier molecular flexibility index (Phi) is 4.30. The number of hydrogen-bond donors (Lipinski definition) is 3. The molecule has 0 amide bonds. The summed E-state index contributed by atoms with van der Waals surface area (Å²) in [5.41, 5.74) is 5.78. The first-order valence-corrected chi connectivity index (χ1v) is 3.38. The van der Waals surface area contributed by atoms with Crippen LogP contribution in [-0.4, -0.2) is 16.2 Å². The quantitative estimate of drug-likeness (QED) is 0.654. The van der Waals surface area contributed by atoms with Gasteiger partial charge in [-0.25, -0.2) is 0 Å². The first-order chi connectivity index (χ1) is 5.61. The Bertz CT molecular complexity index is 286. The van der Waals surface area contributed by atoms with Crippen LogP contribution in [0.15, 0.2) is 24.3 Å². The molecular formula is C8H11NO3S. The van der Waals surface area contributed by atoms with E-state index in [1.165, 1.54) is 24.3 Å². The first-order valence-electron chi connectivity index (χ1n) is 3.38. The number of phenols is 1. The van der Waals surface area contributed by atoms with Crippen molar-refractivity contribution in [3.63, 3.8) is 0 Å². The molecule has 4 N–H and O–H groups in total. The highest BCUT2D eigenvalue weighted by molar-refractivity contribution is 7.59. The molecule has 0 heterocycles. The molecule has 1 aromatic carbocycles. The summed E-state index contributed by atoms with van der Waals surface area (Å²) in [6.45, 7) is 0. The molecule has 0 fully saturated rings. The highest BCUT2D eigenvalue weighted by Gasteiger charge is 2.13. The number of carbonyl (C=O) groups is 1. The minimum Gasteiger partial charge on any atom is -0.508 e. The molecule has 0 spiro atoms. The van der Waals surface area contributed by atoms with Crippen molar-refractivity contribution in [1.29, 1.82) is 0 Å². The number of aromatic hydroxyl groups is 1. The van der Waals surface area contributed by atoms with Gasteiger partial charge >= 0.3 is 5.97 Å². The van der Waals surface area contributed by atoms with E-state index in [0.717, 1.165) is 0 Å². The SMILES string of the molecule is N[C@@H](C(=O)O)c1ccc(O)cc1.S. The van der Waals surface area contributed by atoms with Gasteiger partial charge in [-0.15, -0.1) is 0 Å². The van der Waals surface area contributed by atoms with Crippen molar-refractivity contribution in [2.24, 2.45) is 5.73 Å². The van der Waals surface area contributed by atoms with Crippen molar-refractivity contribution in [3.05, 3.63) is 29.8 Å². The van der Waals surface area contributed by atoms with Crippen LogP contribution in [0.2, 0.25) is 0 Å². The molecule has 1 aromatic rings. The number of carboxylic acid groups (broad SMARTS) is 1. The average molecular weight is 201 g/mol. The van der Waals surface area contributed by atoms with Gasteiger partial charge < -0.3 is 15.9 Å². The number of aliphatic carboxylic acids is 1. The van der Waals surface area contributed by atoms with Gasteiger partial charge in [0.2, 0.25) is 0 Å². The molecule has 0 radical (unpaired) electrons. The fourth-order valence-corrected chi connectivity index (χ4v) is 0.824. The lowest BCUT2D eigenvalue weighted by Gasteiger charge is -2.05. The molecular weight excluding hydrogens is 190 g/mol. The van der Waals surface area contributed by atoms with Gasteiger partial charge in [-0.3, -0.25) is 4.79 Å². The molecule has 72 valence electrons. The van der Waals surface area contributed by atoms with Gasteiger partial charge in [0.15, 0.2) is 0 Å². The van der Waals surface area contributed by atoms with E-state index in [1.807, 2.05) is 0 Å². The zero-order valence-corrected chi connectivity index (χ0v) is 7.77. The fraction of sp³-hybridized carbons (Fsp3) is 0.125. The number of phenolic OH excluding ortho intramolecular Hbond substituents is 1. The number of benzene rings is 1. The Labute approximate surface area is 82.4 Å². The molecule has 0 bridgehead atoms. The first kappa shape index (κ1) is 11.8. The van der Waals surface area contributed by atoms with Gasteiger partial charge in [0.05, 0.1) is 0 Å². The van der Waals surface area contributed by atoms with E-state index in [-0.39, 0.29) is 19.2 Å². The highest BCUT2D eigenvalue weighted by atomic mass is 32.1. The largest absolute Gasteiger partial charge is 0.508 e. The zero-order valence-electron chi connectivity index (χ0n) is 6.77. The number of rotatable bonds is 2. The third-order valence-corrected chi connectivity index (χ3v) is 1.52. The van der Waals surface area contributed by atoms with Gasteiger partial charge in [-0.1, -0.05) is 12.1 Å². The normalized spacial score (nSPS) is 11.5. The van der Waals surface area contributed by atoms with Gasteiger partial charge in [-0.05, 0) is 17.7 Å². The van der Waals surface area contributed by atoms with Crippen LogP contribution in [0, 0.1) is 0 Å². The minimum atomic E-state index is -1.08. The highest BCUT2D eigenvalue weighted by Crippen LogP contribution is 2.14. The van der Waals surface area contributed by atoms with Crippen molar-refractivity contribution >= 4 is 19.5 Å². The van der Waals surface area contributed by atoms with Gasteiger partial charge in [0, 0.05) is 0 Å². The second-order valence-corrected chi connectivity index (χ2v) is 2.41. The van der Waals surface area contributed by atoms with Crippen molar-refractivity contribution in [1.82, 2.24) is 0 Å². The molecule has 0 saturated heterocycles. The van der Waals surface area contributed by atoms with Gasteiger partial charge in [0.1, 0.15) is 11.8 Å². The summed E-state index contributed by atoms with van der Waals surface area (Å²) in [6, 6.07) is 4.74. The average Bonchev–Trinajstić information content (AvgIpc) is 2.04. The van der Waals surface area contributed by atoms with Crippen molar-refractivity contribution in [3.8, 4) is 5.75 Å². The summed E-state index contributed by atoms with van der Waals surface area (Å²) < 4.78 is 0. The lowest BCUT2D eigenvalue weighted by molar-refractivity contribution is -0.138. The second kappa shape index (κ2) is 4.74. The van der Waals surface area contributed by atoms with Crippen LogP contribution in [0.4, 0.5) is 0 Å². The maximum absolute atomic E-state index is 10.4. The van der Waals surface area contributed by atoms with Crippen LogP contribution in [0.25, 0.3) is 0 Å². The summed E-state index contributed by atoms with van der Waals surface area (Å²) in [5, 5.41) is 17.4. The molecule has 0 aliphatic heterocycles. The molecule has 5 heteroatoms. The summed E-state index contributed by atoms with van der Waals surface area (Å²) in [5.74, 6) is -0.989. The van der Waals surface area contributed by atoms with E-state index in [0.29, 0.717) is 5.56 Å². The van der Waals surface area contributed by atoms with E-state index in [1.54, 1.807) is 0 Å². The monoisotopic (exact) mass is 201 g/mol. The molecule has 0 unspecified atom stereocenters. The van der Waals surface area contributed by atoms with Gasteiger partial charge in [-0.2, -0.15) is 13.5 Å². The Morgan fingerprint density at radius 2 is 1.77 bits per heavy atom. The Balaban J connectivity index is 0.00000144. The number of nitrogens with two attached hydrogens (primary N) is 1. The molecule has 13 heavy (non-hydrogen) atoms. The Hall–Kier alpha value is -1.20. The fourth-order valence-electron chi connectivity index (χ4n) is 0.824. The summed E-state index contributed by atoms with van der Waals surface area (Å²) >= 11 is 0. The smallest absolute Gasteiger partial charge is 0.325 e. The predicted molar refractivity (Wildman–Crippen MR) is 53.1 cm³/mol. The van der Waals surface area contributed by atoms with E-state index >= 15 is 0 Å².